The molecule has 0 fully saturated rings. The zero-order chi connectivity index (χ0) is 13.9. The van der Waals surface area contributed by atoms with Crippen molar-refractivity contribution >= 4 is 0 Å². The van der Waals surface area contributed by atoms with E-state index in [1.165, 1.54) is 27.8 Å². The Kier molecular flexibility index (Phi) is 3.34. The Hall–Kier alpha value is -2.41. The molecule has 0 aliphatic heterocycles. The molecule has 0 N–H and O–H groups in total. The van der Waals surface area contributed by atoms with Crippen molar-refractivity contribution in [3.8, 4) is 22.4 Å². The summed E-state index contributed by atoms with van der Waals surface area (Å²) in [7, 11) is 0. The van der Waals surface area contributed by atoms with Gasteiger partial charge in [-0.3, -0.25) is 4.98 Å². The number of hydrogen-bond donors (Lipinski definition) is 0. The molecule has 3 aromatic rings. The number of nitrogens with zero attached hydrogens (tertiary/aromatic N) is 1. The second-order valence-electron chi connectivity index (χ2n) is 5.07. The van der Waals surface area contributed by atoms with Crippen molar-refractivity contribution in [1.82, 2.24) is 4.98 Å². The molecule has 0 amide bonds. The first-order chi connectivity index (χ1) is 9.75. The number of hydrogen-bond acceptors (Lipinski definition) is 1. The summed E-state index contributed by atoms with van der Waals surface area (Å²) in [4.78, 5) is 4.58. The van der Waals surface area contributed by atoms with Gasteiger partial charge in [-0.25, -0.2) is 0 Å². The third-order valence-corrected chi connectivity index (χ3v) is 3.58. The van der Waals surface area contributed by atoms with Crippen LogP contribution in [-0.2, 0) is 0 Å². The molecule has 1 aromatic heterocycles. The van der Waals surface area contributed by atoms with Crippen LogP contribution in [0.4, 0.5) is 0 Å². The van der Waals surface area contributed by atoms with Gasteiger partial charge in [-0.15, -0.1) is 0 Å². The van der Waals surface area contributed by atoms with Crippen molar-refractivity contribution in [2.24, 2.45) is 0 Å². The van der Waals surface area contributed by atoms with Crippen LogP contribution in [0.15, 0.2) is 66.9 Å². The van der Waals surface area contributed by atoms with E-state index >= 15 is 0 Å². The van der Waals surface area contributed by atoms with Gasteiger partial charge in [-0.1, -0.05) is 54.1 Å². The molecule has 1 heteroatoms. The average molecular weight is 259 g/mol. The van der Waals surface area contributed by atoms with Gasteiger partial charge in [0.05, 0.1) is 5.69 Å². The van der Waals surface area contributed by atoms with Crippen LogP contribution in [0.25, 0.3) is 22.4 Å². The Labute approximate surface area is 119 Å². The minimum atomic E-state index is 1.06. The van der Waals surface area contributed by atoms with Crippen LogP contribution < -0.4 is 0 Å². The quantitative estimate of drug-likeness (QED) is 0.628. The molecule has 0 atom stereocenters. The highest BCUT2D eigenvalue weighted by atomic mass is 14.7. The lowest BCUT2D eigenvalue weighted by Gasteiger charge is -2.11. The average Bonchev–Trinajstić information content (AvgIpc) is 2.48. The van der Waals surface area contributed by atoms with Gasteiger partial charge in [0.2, 0.25) is 0 Å². The zero-order valence-electron chi connectivity index (χ0n) is 11.8. The van der Waals surface area contributed by atoms with Crippen molar-refractivity contribution in [1.29, 1.82) is 0 Å². The molecule has 0 aliphatic rings. The van der Waals surface area contributed by atoms with E-state index < -0.39 is 0 Å². The first-order valence-corrected chi connectivity index (χ1v) is 6.84. The van der Waals surface area contributed by atoms with Crippen LogP contribution in [0.3, 0.4) is 0 Å². The summed E-state index contributed by atoms with van der Waals surface area (Å²) < 4.78 is 0. The molecule has 0 unspecified atom stereocenters. The van der Waals surface area contributed by atoms with Gasteiger partial charge >= 0.3 is 0 Å². The van der Waals surface area contributed by atoms with Gasteiger partial charge in [0.15, 0.2) is 0 Å². The smallest absolute Gasteiger partial charge is 0.0737 e. The van der Waals surface area contributed by atoms with E-state index in [2.05, 4.69) is 73.4 Å². The highest BCUT2D eigenvalue weighted by Gasteiger charge is 2.09. The lowest BCUT2D eigenvalue weighted by atomic mass is 9.97. The minimum Gasteiger partial charge on any atom is -0.256 e. The molecule has 0 saturated heterocycles. The molecule has 0 aliphatic carbocycles. The summed E-state index contributed by atoms with van der Waals surface area (Å²) in [6.07, 6.45) is 1.90. The van der Waals surface area contributed by atoms with E-state index in [1.807, 2.05) is 12.3 Å². The molecule has 1 nitrogen and oxygen atoms in total. The maximum atomic E-state index is 4.58. The first kappa shape index (κ1) is 12.6. The Morgan fingerprint density at radius 1 is 0.750 bits per heavy atom. The largest absolute Gasteiger partial charge is 0.256 e. The van der Waals surface area contributed by atoms with E-state index in [0.717, 1.165) is 5.69 Å². The van der Waals surface area contributed by atoms with Crippen LogP contribution in [0.1, 0.15) is 11.1 Å². The fraction of sp³-hybridized carbons (Fsp3) is 0.105. The minimum absolute atomic E-state index is 1.06. The van der Waals surface area contributed by atoms with Gasteiger partial charge in [0.1, 0.15) is 0 Å². The lowest BCUT2D eigenvalue weighted by Crippen LogP contribution is -1.92. The molecule has 2 aromatic carbocycles. The SMILES string of the molecule is Cc1cccc(-c2nccc(-c3ccccc3)c2C)c1. The summed E-state index contributed by atoms with van der Waals surface area (Å²) in [5, 5.41) is 0. The molecule has 20 heavy (non-hydrogen) atoms. The van der Waals surface area contributed by atoms with Crippen LogP contribution in [0, 0.1) is 13.8 Å². The van der Waals surface area contributed by atoms with Gasteiger partial charge in [-0.05, 0) is 42.7 Å². The van der Waals surface area contributed by atoms with Crippen molar-refractivity contribution in [3.05, 3.63) is 78.0 Å². The third-order valence-electron chi connectivity index (χ3n) is 3.58. The number of aryl methyl sites for hydroxylation is 1. The summed E-state index contributed by atoms with van der Waals surface area (Å²) >= 11 is 0. The first-order valence-electron chi connectivity index (χ1n) is 6.84. The maximum absolute atomic E-state index is 4.58. The summed E-state index contributed by atoms with van der Waals surface area (Å²) in [6.45, 7) is 4.26. The fourth-order valence-electron chi connectivity index (χ4n) is 2.55. The summed E-state index contributed by atoms with van der Waals surface area (Å²) in [5.41, 5.74) is 7.21. The maximum Gasteiger partial charge on any atom is 0.0737 e. The van der Waals surface area contributed by atoms with E-state index in [4.69, 9.17) is 0 Å². The molecular weight excluding hydrogens is 242 g/mol. The van der Waals surface area contributed by atoms with E-state index in [0.29, 0.717) is 0 Å². The number of benzene rings is 2. The van der Waals surface area contributed by atoms with E-state index in [1.54, 1.807) is 0 Å². The molecule has 1 heterocycles. The van der Waals surface area contributed by atoms with Crippen LogP contribution >= 0.6 is 0 Å². The van der Waals surface area contributed by atoms with Gasteiger partial charge in [0, 0.05) is 11.8 Å². The lowest BCUT2D eigenvalue weighted by molar-refractivity contribution is 1.27. The van der Waals surface area contributed by atoms with E-state index in [9.17, 15) is 0 Å². The Morgan fingerprint density at radius 2 is 1.50 bits per heavy atom. The molecular formula is C19H17N. The van der Waals surface area contributed by atoms with Crippen molar-refractivity contribution < 1.29 is 0 Å². The standard InChI is InChI=1S/C19H17N/c1-14-7-6-10-17(13-14)19-15(2)18(11-12-20-19)16-8-4-3-5-9-16/h3-13H,1-2H3. The fourth-order valence-corrected chi connectivity index (χ4v) is 2.55. The molecule has 0 radical (unpaired) electrons. The van der Waals surface area contributed by atoms with Crippen molar-refractivity contribution in [3.63, 3.8) is 0 Å². The highest BCUT2D eigenvalue weighted by molar-refractivity contribution is 5.75. The highest BCUT2D eigenvalue weighted by Crippen LogP contribution is 2.30. The third kappa shape index (κ3) is 2.35. The topological polar surface area (TPSA) is 12.9 Å². The predicted octanol–water partition coefficient (Wildman–Crippen LogP) is 5.03. The number of aromatic nitrogens is 1. The Balaban J connectivity index is 2.15. The Morgan fingerprint density at radius 3 is 2.25 bits per heavy atom. The van der Waals surface area contributed by atoms with Gasteiger partial charge in [0.25, 0.3) is 0 Å². The van der Waals surface area contributed by atoms with Crippen LogP contribution in [0.5, 0.6) is 0 Å². The van der Waals surface area contributed by atoms with Crippen LogP contribution in [-0.4, -0.2) is 4.98 Å². The number of rotatable bonds is 2. The molecule has 0 saturated carbocycles. The molecule has 98 valence electrons. The molecule has 0 bridgehead atoms. The monoisotopic (exact) mass is 259 g/mol. The second-order valence-corrected chi connectivity index (χ2v) is 5.07. The Bertz CT molecular complexity index is 730. The summed E-state index contributed by atoms with van der Waals surface area (Å²) in [5.74, 6) is 0. The van der Waals surface area contributed by atoms with Crippen molar-refractivity contribution in [2.75, 3.05) is 0 Å². The van der Waals surface area contributed by atoms with Crippen LogP contribution in [0.2, 0.25) is 0 Å². The second kappa shape index (κ2) is 5.30. The molecule has 3 rings (SSSR count). The van der Waals surface area contributed by atoms with Crippen molar-refractivity contribution in [2.45, 2.75) is 13.8 Å². The zero-order valence-corrected chi connectivity index (χ0v) is 11.8. The van der Waals surface area contributed by atoms with Gasteiger partial charge < -0.3 is 0 Å². The van der Waals surface area contributed by atoms with Gasteiger partial charge in [-0.2, -0.15) is 0 Å². The summed E-state index contributed by atoms with van der Waals surface area (Å²) in [6, 6.07) is 21.1. The molecule has 0 spiro atoms. The number of pyridine rings is 1. The normalized spacial score (nSPS) is 10.5. The van der Waals surface area contributed by atoms with E-state index in [-0.39, 0.29) is 0 Å². The predicted molar refractivity (Wildman–Crippen MR) is 84.6 cm³/mol.